The molecule has 1 aliphatic heterocycles. The van der Waals surface area contributed by atoms with Crippen LogP contribution in [0, 0.1) is 31.4 Å². The van der Waals surface area contributed by atoms with Crippen LogP contribution in [0.4, 0.5) is 20.2 Å². The molecule has 8 heteroatoms. The van der Waals surface area contributed by atoms with E-state index in [2.05, 4.69) is 10.1 Å². The number of esters is 1. The van der Waals surface area contributed by atoms with Gasteiger partial charge in [0.1, 0.15) is 11.6 Å². The number of hydrogen-bond donors (Lipinski definition) is 1. The van der Waals surface area contributed by atoms with Crippen LogP contribution < -0.4 is 10.2 Å². The smallest absolute Gasteiger partial charge is 0.340 e. The first-order chi connectivity index (χ1) is 13.7. The minimum atomic E-state index is -1.09. The minimum Gasteiger partial charge on any atom is -0.465 e. The topological polar surface area (TPSA) is 75.7 Å². The van der Waals surface area contributed by atoms with Gasteiger partial charge in [-0.05, 0) is 37.1 Å². The number of halogens is 2. The molecule has 152 valence electrons. The molecule has 0 radical (unpaired) electrons. The van der Waals surface area contributed by atoms with Crippen molar-refractivity contribution in [3.05, 3.63) is 58.7 Å². The Bertz CT molecular complexity index is 1010. The van der Waals surface area contributed by atoms with Crippen LogP contribution in [-0.2, 0) is 14.3 Å². The van der Waals surface area contributed by atoms with Crippen LogP contribution in [0.1, 0.15) is 27.9 Å². The van der Waals surface area contributed by atoms with Gasteiger partial charge in [0.2, 0.25) is 11.8 Å². The fourth-order valence-corrected chi connectivity index (χ4v) is 3.29. The summed E-state index contributed by atoms with van der Waals surface area (Å²) in [6, 6.07) is 6.96. The number of carbonyl (C=O) groups is 3. The van der Waals surface area contributed by atoms with Gasteiger partial charge in [-0.3, -0.25) is 9.59 Å². The Hall–Kier alpha value is -3.29. The Labute approximate surface area is 166 Å². The molecule has 6 nitrogen and oxygen atoms in total. The zero-order chi connectivity index (χ0) is 21.3. The molecule has 0 bridgehead atoms. The number of rotatable bonds is 4. The summed E-state index contributed by atoms with van der Waals surface area (Å²) >= 11 is 0. The number of nitrogens with zero attached hydrogens (tertiary/aromatic N) is 1. The van der Waals surface area contributed by atoms with Crippen molar-refractivity contribution in [2.75, 3.05) is 23.9 Å². The first kappa shape index (κ1) is 20.4. The van der Waals surface area contributed by atoms with Crippen molar-refractivity contribution < 1.29 is 27.9 Å². The van der Waals surface area contributed by atoms with Crippen LogP contribution in [0.2, 0.25) is 0 Å². The van der Waals surface area contributed by atoms with Crippen LogP contribution >= 0.6 is 0 Å². The summed E-state index contributed by atoms with van der Waals surface area (Å²) in [4.78, 5) is 38.2. The fraction of sp³-hybridized carbons (Fsp3) is 0.286. The fourth-order valence-electron chi connectivity index (χ4n) is 3.29. The van der Waals surface area contributed by atoms with Crippen molar-refractivity contribution in [2.24, 2.45) is 5.92 Å². The monoisotopic (exact) mass is 402 g/mol. The lowest BCUT2D eigenvalue weighted by atomic mass is 10.1. The van der Waals surface area contributed by atoms with Gasteiger partial charge in [-0.1, -0.05) is 12.1 Å². The molecular formula is C21H20F2N2O4. The van der Waals surface area contributed by atoms with Crippen molar-refractivity contribution in [2.45, 2.75) is 20.3 Å². The van der Waals surface area contributed by atoms with E-state index in [9.17, 15) is 23.2 Å². The summed E-state index contributed by atoms with van der Waals surface area (Å²) in [7, 11) is 1.06. The molecule has 1 unspecified atom stereocenters. The average Bonchev–Trinajstić information content (AvgIpc) is 3.07. The molecule has 3 rings (SSSR count). The summed E-state index contributed by atoms with van der Waals surface area (Å²) in [6.45, 7) is 3.97. The van der Waals surface area contributed by atoms with Gasteiger partial charge in [0, 0.05) is 24.7 Å². The Balaban J connectivity index is 1.80. The lowest BCUT2D eigenvalue weighted by Gasteiger charge is -2.20. The van der Waals surface area contributed by atoms with E-state index >= 15 is 0 Å². The zero-order valence-electron chi connectivity index (χ0n) is 16.2. The predicted octanol–water partition coefficient (Wildman–Crippen LogP) is 3.36. The molecule has 2 amide bonds. The molecule has 29 heavy (non-hydrogen) atoms. The number of carbonyl (C=O) groups excluding carboxylic acids is 3. The second kappa shape index (κ2) is 7.98. The largest absolute Gasteiger partial charge is 0.465 e. The lowest BCUT2D eigenvalue weighted by molar-refractivity contribution is -0.122. The van der Waals surface area contributed by atoms with Gasteiger partial charge >= 0.3 is 5.97 Å². The second-order valence-corrected chi connectivity index (χ2v) is 6.92. The maximum absolute atomic E-state index is 14.1. The predicted molar refractivity (Wildman–Crippen MR) is 103 cm³/mol. The maximum atomic E-state index is 14.1. The second-order valence-electron chi connectivity index (χ2n) is 6.92. The van der Waals surface area contributed by atoms with Gasteiger partial charge < -0.3 is 15.0 Å². The number of benzene rings is 2. The molecule has 1 heterocycles. The quantitative estimate of drug-likeness (QED) is 0.796. The van der Waals surface area contributed by atoms with Crippen molar-refractivity contribution in [3.8, 4) is 0 Å². The molecule has 2 aromatic carbocycles. The van der Waals surface area contributed by atoms with Crippen LogP contribution in [0.5, 0.6) is 0 Å². The zero-order valence-corrected chi connectivity index (χ0v) is 16.2. The van der Waals surface area contributed by atoms with Crippen molar-refractivity contribution in [1.82, 2.24) is 0 Å². The lowest BCUT2D eigenvalue weighted by Crippen LogP contribution is -2.29. The third-order valence-electron chi connectivity index (χ3n) is 5.08. The van der Waals surface area contributed by atoms with Crippen LogP contribution in [0.3, 0.4) is 0 Å². The Morgan fingerprint density at radius 3 is 2.59 bits per heavy atom. The summed E-state index contributed by atoms with van der Waals surface area (Å²) in [6.07, 6.45) is -0.0358. The summed E-state index contributed by atoms with van der Waals surface area (Å²) in [5, 5.41) is 2.35. The third kappa shape index (κ3) is 3.96. The van der Waals surface area contributed by atoms with Gasteiger partial charge in [0.05, 0.1) is 24.3 Å². The van der Waals surface area contributed by atoms with E-state index in [1.54, 1.807) is 0 Å². The highest BCUT2D eigenvalue weighted by Gasteiger charge is 2.36. The molecule has 0 spiro atoms. The van der Waals surface area contributed by atoms with Gasteiger partial charge in [-0.15, -0.1) is 0 Å². The Kier molecular flexibility index (Phi) is 5.63. The average molecular weight is 402 g/mol. The van der Waals surface area contributed by atoms with Crippen molar-refractivity contribution in [1.29, 1.82) is 0 Å². The number of methoxy groups -OCH3 is 1. The number of anilines is 2. The highest BCUT2D eigenvalue weighted by Crippen LogP contribution is 2.30. The van der Waals surface area contributed by atoms with Gasteiger partial charge in [-0.2, -0.15) is 0 Å². The molecule has 0 saturated carbocycles. The molecular weight excluding hydrogens is 382 g/mol. The number of hydrogen-bond acceptors (Lipinski definition) is 4. The first-order valence-electron chi connectivity index (χ1n) is 8.97. The summed E-state index contributed by atoms with van der Waals surface area (Å²) in [5.74, 6) is -4.63. The highest BCUT2D eigenvalue weighted by molar-refractivity contribution is 6.04. The molecule has 0 aliphatic carbocycles. The van der Waals surface area contributed by atoms with E-state index in [0.717, 1.165) is 30.0 Å². The molecule has 1 fully saturated rings. The number of amides is 2. The van der Waals surface area contributed by atoms with E-state index in [-0.39, 0.29) is 24.6 Å². The molecule has 0 aromatic heterocycles. The van der Waals surface area contributed by atoms with E-state index < -0.39 is 35.0 Å². The molecule has 1 N–H and O–H groups in total. The summed E-state index contributed by atoms with van der Waals surface area (Å²) < 4.78 is 32.3. The summed E-state index contributed by atoms with van der Waals surface area (Å²) in [5.41, 5.74) is 1.84. The number of aryl methyl sites for hydroxylation is 1. The van der Waals surface area contributed by atoms with E-state index in [1.165, 1.54) is 4.90 Å². The Morgan fingerprint density at radius 1 is 1.17 bits per heavy atom. The van der Waals surface area contributed by atoms with Crippen LogP contribution in [0.25, 0.3) is 0 Å². The molecule has 1 atom stereocenters. The van der Waals surface area contributed by atoms with Gasteiger partial charge in [0.15, 0.2) is 0 Å². The standard InChI is InChI=1S/C21H20F2N2O4/c1-11-5-4-6-18(12(11)2)25-10-13(7-19(25)26)20(27)24-17-8-14(21(28)29-3)15(22)9-16(17)23/h4-6,8-9,13H,7,10H2,1-3H3,(H,24,27). The Morgan fingerprint density at radius 2 is 1.90 bits per heavy atom. The van der Waals surface area contributed by atoms with Crippen LogP contribution in [0.15, 0.2) is 30.3 Å². The highest BCUT2D eigenvalue weighted by atomic mass is 19.1. The van der Waals surface area contributed by atoms with Crippen LogP contribution in [-0.4, -0.2) is 31.4 Å². The van der Waals surface area contributed by atoms with Crippen molar-refractivity contribution in [3.63, 3.8) is 0 Å². The van der Waals surface area contributed by atoms with E-state index in [1.807, 2.05) is 32.0 Å². The maximum Gasteiger partial charge on any atom is 0.340 e. The molecule has 1 aliphatic rings. The SMILES string of the molecule is COC(=O)c1cc(NC(=O)C2CC(=O)N(c3cccc(C)c3C)C2)c(F)cc1F. The third-order valence-corrected chi connectivity index (χ3v) is 5.08. The number of ether oxygens (including phenoxy) is 1. The molecule has 2 aromatic rings. The molecule has 1 saturated heterocycles. The first-order valence-corrected chi connectivity index (χ1v) is 8.97. The number of nitrogens with one attached hydrogen (secondary N) is 1. The van der Waals surface area contributed by atoms with E-state index in [4.69, 9.17) is 0 Å². The minimum absolute atomic E-state index is 0.0358. The normalized spacial score (nSPS) is 16.1. The van der Waals surface area contributed by atoms with Crippen molar-refractivity contribution >= 4 is 29.2 Å². The van der Waals surface area contributed by atoms with Gasteiger partial charge in [0.25, 0.3) is 0 Å². The van der Waals surface area contributed by atoms with Gasteiger partial charge in [-0.25, -0.2) is 13.6 Å². The van der Waals surface area contributed by atoms with E-state index in [0.29, 0.717) is 6.07 Å².